The first kappa shape index (κ1) is 22.3. The average Bonchev–Trinajstić information content (AvgIpc) is 3.68. The lowest BCUT2D eigenvalue weighted by Crippen LogP contribution is -1.86. The zero-order valence-corrected chi connectivity index (χ0v) is 22.2. The lowest BCUT2D eigenvalue weighted by atomic mass is 9.99. The van der Waals surface area contributed by atoms with E-state index in [-0.39, 0.29) is 0 Å². The van der Waals surface area contributed by atoms with Gasteiger partial charge >= 0.3 is 0 Å². The van der Waals surface area contributed by atoms with E-state index in [1.54, 1.807) is 0 Å². The molecule has 0 atom stereocenters. The number of nitrogens with one attached hydrogen (secondary N) is 3. The quantitative estimate of drug-likeness (QED) is 0.192. The second-order valence-corrected chi connectivity index (χ2v) is 11.0. The Labute approximate surface area is 236 Å². The van der Waals surface area contributed by atoms with E-state index in [1.807, 2.05) is 0 Å². The molecule has 0 spiro atoms. The molecule has 3 heterocycles. The Morgan fingerprint density at radius 3 is 0.951 bits per heavy atom. The van der Waals surface area contributed by atoms with Crippen molar-refractivity contribution in [3.8, 4) is 0 Å². The van der Waals surface area contributed by atoms with Crippen molar-refractivity contribution in [3.63, 3.8) is 0 Å². The highest BCUT2D eigenvalue weighted by molar-refractivity contribution is 6.09. The zero-order valence-electron chi connectivity index (χ0n) is 22.2. The molecule has 3 nitrogen and oxygen atoms in total. The van der Waals surface area contributed by atoms with Crippen molar-refractivity contribution in [1.29, 1.82) is 0 Å². The third-order valence-corrected chi connectivity index (χ3v) is 8.37. The molecule has 9 rings (SSSR count). The molecule has 6 aromatic carbocycles. The number of rotatable bonds is 4. The molecule has 0 fully saturated rings. The Kier molecular flexibility index (Phi) is 4.61. The van der Waals surface area contributed by atoms with Crippen LogP contribution in [0.4, 0.5) is 0 Å². The van der Waals surface area contributed by atoms with Crippen LogP contribution in [0.1, 0.15) is 22.3 Å². The third-order valence-electron chi connectivity index (χ3n) is 8.37. The van der Waals surface area contributed by atoms with Crippen LogP contribution >= 0.6 is 0 Å². The van der Waals surface area contributed by atoms with Crippen molar-refractivity contribution in [2.45, 2.75) is 0 Å². The number of H-pyrrole nitrogens is 3. The first-order valence-electron chi connectivity index (χ1n) is 14.0. The predicted octanol–water partition coefficient (Wildman–Crippen LogP) is 9.79. The first-order valence-corrected chi connectivity index (χ1v) is 14.0. The molecule has 3 aromatic heterocycles. The van der Waals surface area contributed by atoms with Crippen molar-refractivity contribution in [2.24, 2.45) is 0 Å². The summed E-state index contributed by atoms with van der Waals surface area (Å²) in [5.41, 5.74) is 11.8. The van der Waals surface area contributed by atoms with Crippen molar-refractivity contribution in [2.75, 3.05) is 0 Å². The van der Waals surface area contributed by atoms with Crippen molar-refractivity contribution >= 4 is 65.4 Å². The van der Waals surface area contributed by atoms with Crippen molar-refractivity contribution in [3.05, 3.63) is 156 Å². The maximum absolute atomic E-state index is 3.61. The molecule has 3 heteroatoms. The molecular formula is C38H25N3+2. The molecule has 0 bridgehead atoms. The van der Waals surface area contributed by atoms with Gasteiger partial charge in [-0.3, -0.25) is 0 Å². The minimum atomic E-state index is 1.15. The van der Waals surface area contributed by atoms with Gasteiger partial charge in [-0.2, -0.15) is 0 Å². The smallest absolute Gasteiger partial charge is 0.0733 e. The van der Waals surface area contributed by atoms with Crippen LogP contribution < -0.4 is 0 Å². The summed E-state index contributed by atoms with van der Waals surface area (Å²) in [5.74, 6) is 0. The summed E-state index contributed by atoms with van der Waals surface area (Å²) in [4.78, 5) is 10.7. The van der Waals surface area contributed by atoms with Gasteiger partial charge in [0.15, 0.2) is 0 Å². The van der Waals surface area contributed by atoms with E-state index >= 15 is 0 Å². The summed E-state index contributed by atoms with van der Waals surface area (Å²) in [6.07, 6.45) is 4.54. The summed E-state index contributed by atoms with van der Waals surface area (Å²) in [6, 6.07) is 43.7. The fourth-order valence-electron chi connectivity index (χ4n) is 6.41. The lowest BCUT2D eigenvalue weighted by Gasteiger charge is -1.99. The summed E-state index contributed by atoms with van der Waals surface area (Å²) in [6.45, 7) is 0. The molecule has 0 aliphatic heterocycles. The van der Waals surface area contributed by atoms with Crippen LogP contribution in [0.15, 0.2) is 121 Å². The first-order chi connectivity index (χ1) is 20.2. The Morgan fingerprint density at radius 1 is 0.293 bits per heavy atom. The van der Waals surface area contributed by atoms with E-state index in [1.165, 1.54) is 76.6 Å². The molecule has 190 valence electrons. The standard InChI is InChI=1S/C38H25N3/c1-3-7-33-27(5-1)29-19-23(9-13-35(29)39-33)17-25-11-15-37-31(21-25)32-22-26(12-16-38(32)41-37)18-24-10-14-36-30(20-24)28-6-2-4-8-34(28)40-36/h1-22,39-41H/q+2. The minimum absolute atomic E-state index is 1.15. The fraction of sp³-hybridized carbons (Fsp3) is 0. The van der Waals surface area contributed by atoms with Gasteiger partial charge < -0.3 is 15.0 Å². The van der Waals surface area contributed by atoms with E-state index in [2.05, 4.69) is 149 Å². The van der Waals surface area contributed by atoms with E-state index in [9.17, 15) is 0 Å². The second-order valence-electron chi connectivity index (χ2n) is 11.0. The summed E-state index contributed by atoms with van der Waals surface area (Å²) < 4.78 is 0. The Balaban J connectivity index is 1.07. The maximum Gasteiger partial charge on any atom is 0.0733 e. The number of hydrogen-bond donors (Lipinski definition) is 3. The molecule has 0 aliphatic rings. The average molecular weight is 524 g/mol. The van der Waals surface area contributed by atoms with Crippen LogP contribution in [-0.4, -0.2) is 15.0 Å². The van der Waals surface area contributed by atoms with Gasteiger partial charge in [0, 0.05) is 94.0 Å². The fourth-order valence-corrected chi connectivity index (χ4v) is 6.41. The van der Waals surface area contributed by atoms with Crippen LogP contribution in [0.3, 0.4) is 0 Å². The van der Waals surface area contributed by atoms with E-state index in [4.69, 9.17) is 0 Å². The second kappa shape index (κ2) is 8.48. The van der Waals surface area contributed by atoms with E-state index in [0.717, 1.165) is 11.0 Å². The van der Waals surface area contributed by atoms with Gasteiger partial charge in [-0.05, 0) is 36.4 Å². The van der Waals surface area contributed by atoms with E-state index in [0.29, 0.717) is 0 Å². The largest absolute Gasteiger partial charge is 0.353 e. The summed E-state index contributed by atoms with van der Waals surface area (Å²) >= 11 is 0. The molecule has 0 amide bonds. The SMILES string of the molecule is c1ccc2c(c1)[nH]c1ccc([CH+]c3ccc4[nH]c5ccc([CH+]c6ccc7[nH]c8ccccc8c7c6)cc5c4c3)cc12. The monoisotopic (exact) mass is 523 g/mol. The van der Waals surface area contributed by atoms with Crippen molar-refractivity contribution in [1.82, 2.24) is 15.0 Å². The van der Waals surface area contributed by atoms with Gasteiger partial charge in [0.25, 0.3) is 0 Å². The number of para-hydroxylation sites is 2. The van der Waals surface area contributed by atoms with Gasteiger partial charge in [-0.15, -0.1) is 0 Å². The molecule has 0 saturated heterocycles. The number of hydrogen-bond acceptors (Lipinski definition) is 0. The van der Waals surface area contributed by atoms with Crippen LogP contribution in [0.25, 0.3) is 65.4 Å². The highest BCUT2D eigenvalue weighted by Crippen LogP contribution is 2.32. The Morgan fingerprint density at radius 2 is 0.585 bits per heavy atom. The lowest BCUT2D eigenvalue weighted by molar-refractivity contribution is 1.45. The molecular weight excluding hydrogens is 498 g/mol. The number of aromatic amines is 3. The summed E-state index contributed by atoms with van der Waals surface area (Å²) in [5, 5.41) is 7.52. The molecule has 3 N–H and O–H groups in total. The Hall–Kier alpha value is -5.54. The van der Waals surface area contributed by atoms with Crippen LogP contribution in [-0.2, 0) is 0 Å². The van der Waals surface area contributed by atoms with Gasteiger partial charge in [0.2, 0.25) is 0 Å². The van der Waals surface area contributed by atoms with E-state index < -0.39 is 0 Å². The van der Waals surface area contributed by atoms with Gasteiger partial charge in [-0.1, -0.05) is 36.4 Å². The molecule has 0 radical (unpaired) electrons. The summed E-state index contributed by atoms with van der Waals surface area (Å²) in [7, 11) is 0. The van der Waals surface area contributed by atoms with Gasteiger partial charge in [0.05, 0.1) is 55.1 Å². The number of aromatic nitrogens is 3. The number of benzene rings is 6. The zero-order chi connectivity index (χ0) is 26.9. The van der Waals surface area contributed by atoms with Crippen molar-refractivity contribution < 1.29 is 0 Å². The minimum Gasteiger partial charge on any atom is -0.353 e. The Bertz CT molecular complexity index is 2260. The highest BCUT2D eigenvalue weighted by Gasteiger charge is 2.15. The highest BCUT2D eigenvalue weighted by atomic mass is 14.7. The molecule has 0 aliphatic carbocycles. The van der Waals surface area contributed by atoms with Crippen LogP contribution in [0.5, 0.6) is 0 Å². The van der Waals surface area contributed by atoms with Gasteiger partial charge in [0.1, 0.15) is 0 Å². The predicted molar refractivity (Wildman–Crippen MR) is 172 cm³/mol. The molecule has 0 unspecified atom stereocenters. The maximum atomic E-state index is 3.61. The van der Waals surface area contributed by atoms with Gasteiger partial charge in [-0.25, -0.2) is 0 Å². The van der Waals surface area contributed by atoms with Crippen LogP contribution in [0.2, 0.25) is 0 Å². The molecule has 41 heavy (non-hydrogen) atoms. The third kappa shape index (κ3) is 3.60. The molecule has 0 saturated carbocycles. The number of fused-ring (bicyclic) bond motifs is 9. The topological polar surface area (TPSA) is 47.4 Å². The molecule has 9 aromatic rings. The van der Waals surface area contributed by atoms with Crippen LogP contribution in [0, 0.1) is 12.8 Å². The normalized spacial score (nSPS) is 11.9.